The predicted molar refractivity (Wildman–Crippen MR) is 104 cm³/mol. The van der Waals surface area contributed by atoms with Crippen LogP contribution in [0.5, 0.6) is 5.75 Å². The predicted octanol–water partition coefficient (Wildman–Crippen LogP) is 2.93. The summed E-state index contributed by atoms with van der Waals surface area (Å²) in [5.41, 5.74) is 1.68. The Bertz CT molecular complexity index is 949. The minimum absolute atomic E-state index is 0.170. The lowest BCUT2D eigenvalue weighted by Crippen LogP contribution is -2.06. The zero-order valence-corrected chi connectivity index (χ0v) is 17.0. The molecular formula is C17H19IN6O2. The van der Waals surface area contributed by atoms with E-state index >= 15 is 0 Å². The molecule has 0 aromatic carbocycles. The second-order valence-electron chi connectivity index (χ2n) is 6.32. The van der Waals surface area contributed by atoms with E-state index < -0.39 is 0 Å². The smallest absolute Gasteiger partial charge is 0.179 e. The van der Waals surface area contributed by atoms with Crippen molar-refractivity contribution in [1.29, 1.82) is 0 Å². The van der Waals surface area contributed by atoms with Crippen LogP contribution in [0.4, 0.5) is 0 Å². The van der Waals surface area contributed by atoms with Gasteiger partial charge in [-0.05, 0) is 36.4 Å². The van der Waals surface area contributed by atoms with Crippen molar-refractivity contribution in [1.82, 2.24) is 29.3 Å². The summed E-state index contributed by atoms with van der Waals surface area (Å²) in [6, 6.07) is 2.11. The van der Waals surface area contributed by atoms with Gasteiger partial charge in [-0.25, -0.2) is 19.6 Å². The molecule has 8 nitrogen and oxygen atoms in total. The van der Waals surface area contributed by atoms with Gasteiger partial charge in [-0.2, -0.15) is 5.10 Å². The molecule has 0 radical (unpaired) electrons. The van der Waals surface area contributed by atoms with Crippen molar-refractivity contribution in [2.75, 3.05) is 13.7 Å². The number of imidazole rings is 1. The highest BCUT2D eigenvalue weighted by Crippen LogP contribution is 2.34. The maximum Gasteiger partial charge on any atom is 0.179 e. The van der Waals surface area contributed by atoms with Gasteiger partial charge >= 0.3 is 0 Å². The van der Waals surface area contributed by atoms with E-state index in [0.717, 1.165) is 32.4 Å². The Labute approximate surface area is 164 Å². The first-order valence-electron chi connectivity index (χ1n) is 8.37. The van der Waals surface area contributed by atoms with Crippen LogP contribution in [0.15, 0.2) is 18.5 Å². The van der Waals surface area contributed by atoms with Gasteiger partial charge in [0, 0.05) is 31.6 Å². The lowest BCUT2D eigenvalue weighted by molar-refractivity contribution is 0.177. The molecule has 3 aromatic rings. The molecule has 9 heteroatoms. The van der Waals surface area contributed by atoms with Crippen molar-refractivity contribution in [3.8, 4) is 28.7 Å². The Morgan fingerprint density at radius 2 is 2.15 bits per heavy atom. The fourth-order valence-corrected chi connectivity index (χ4v) is 3.38. The average Bonchev–Trinajstić information content (AvgIpc) is 3.16. The normalized spacial score (nSPS) is 13.3. The molecule has 0 unspecified atom stereocenters. The second-order valence-corrected chi connectivity index (χ2v) is 7.42. The van der Waals surface area contributed by atoms with Gasteiger partial charge in [-0.15, -0.1) is 0 Å². The van der Waals surface area contributed by atoms with E-state index in [0.29, 0.717) is 25.6 Å². The number of ether oxygens (including phenoxy) is 2. The minimum atomic E-state index is 0.170. The van der Waals surface area contributed by atoms with Gasteiger partial charge in [0.1, 0.15) is 34.2 Å². The summed E-state index contributed by atoms with van der Waals surface area (Å²) < 4.78 is 15.9. The average molecular weight is 466 g/mol. The number of rotatable bonds is 4. The Kier molecular flexibility index (Phi) is 4.65. The molecule has 26 heavy (non-hydrogen) atoms. The molecule has 4 heterocycles. The van der Waals surface area contributed by atoms with Crippen LogP contribution < -0.4 is 4.74 Å². The van der Waals surface area contributed by atoms with E-state index in [1.807, 2.05) is 23.1 Å². The van der Waals surface area contributed by atoms with Gasteiger partial charge < -0.3 is 14.0 Å². The lowest BCUT2D eigenvalue weighted by atomic mass is 10.2. The molecule has 0 bridgehead atoms. The number of nitrogens with zero attached hydrogens (tertiary/aromatic N) is 6. The first kappa shape index (κ1) is 17.4. The molecule has 1 aliphatic rings. The number of hydrogen-bond donors (Lipinski definition) is 0. The summed E-state index contributed by atoms with van der Waals surface area (Å²) in [7, 11) is 1.64. The van der Waals surface area contributed by atoms with E-state index in [4.69, 9.17) is 14.5 Å². The van der Waals surface area contributed by atoms with Crippen LogP contribution in [0.25, 0.3) is 22.9 Å². The van der Waals surface area contributed by atoms with E-state index in [1.165, 1.54) is 0 Å². The number of methoxy groups -OCH3 is 1. The van der Waals surface area contributed by atoms with Gasteiger partial charge in [-0.3, -0.25) is 0 Å². The lowest BCUT2D eigenvalue weighted by Gasteiger charge is -2.07. The SMILES string of the molecule is COCc1nc(-c2cn3c(n2)-c2cnc(I)cc2OCC3)n(C(C)C)n1. The molecule has 1 aliphatic heterocycles. The van der Waals surface area contributed by atoms with Crippen molar-refractivity contribution >= 4 is 22.6 Å². The molecule has 3 aromatic heterocycles. The number of aromatic nitrogens is 6. The molecule has 0 atom stereocenters. The summed E-state index contributed by atoms with van der Waals surface area (Å²) >= 11 is 2.18. The summed E-state index contributed by atoms with van der Waals surface area (Å²) in [6.45, 7) is 5.82. The number of fused-ring (bicyclic) bond motifs is 3. The quantitative estimate of drug-likeness (QED) is 0.435. The van der Waals surface area contributed by atoms with Crippen molar-refractivity contribution in [2.24, 2.45) is 0 Å². The molecule has 0 spiro atoms. The standard InChI is InChI=1S/C17H19IN6O2/c1-10(2)24-17(21-15(22-24)9-25-3)12-8-23-4-5-26-13-6-14(18)19-7-11(13)16(23)20-12/h6-8,10H,4-5,9H2,1-3H3. The molecule has 0 fully saturated rings. The van der Waals surface area contributed by atoms with Gasteiger partial charge in [0.25, 0.3) is 0 Å². The van der Waals surface area contributed by atoms with Crippen LogP contribution in [0.2, 0.25) is 0 Å². The van der Waals surface area contributed by atoms with Crippen molar-refractivity contribution in [3.63, 3.8) is 0 Å². The maximum atomic E-state index is 5.86. The highest BCUT2D eigenvalue weighted by Gasteiger charge is 2.23. The second kappa shape index (κ2) is 6.95. The van der Waals surface area contributed by atoms with Gasteiger partial charge in [-0.1, -0.05) is 0 Å². The topological polar surface area (TPSA) is 79.9 Å². The van der Waals surface area contributed by atoms with Gasteiger partial charge in [0.05, 0.1) is 12.1 Å². The monoisotopic (exact) mass is 466 g/mol. The number of hydrogen-bond acceptors (Lipinski definition) is 6. The zero-order chi connectivity index (χ0) is 18.3. The van der Waals surface area contributed by atoms with Crippen LogP contribution in [0.1, 0.15) is 25.7 Å². The number of halogens is 1. The van der Waals surface area contributed by atoms with Crippen molar-refractivity contribution in [2.45, 2.75) is 33.0 Å². The highest BCUT2D eigenvalue weighted by molar-refractivity contribution is 14.1. The zero-order valence-electron chi connectivity index (χ0n) is 14.8. The fraction of sp³-hybridized carbons (Fsp3) is 0.412. The molecule has 0 aliphatic carbocycles. The minimum Gasteiger partial charge on any atom is -0.491 e. The summed E-state index contributed by atoms with van der Waals surface area (Å²) in [4.78, 5) is 13.9. The third-order valence-electron chi connectivity index (χ3n) is 4.11. The molecule has 0 N–H and O–H groups in total. The van der Waals surface area contributed by atoms with E-state index in [9.17, 15) is 0 Å². The van der Waals surface area contributed by atoms with Crippen LogP contribution in [0.3, 0.4) is 0 Å². The van der Waals surface area contributed by atoms with Crippen LogP contribution in [-0.2, 0) is 17.9 Å². The maximum absolute atomic E-state index is 5.86. The van der Waals surface area contributed by atoms with E-state index in [1.54, 1.807) is 7.11 Å². The molecule has 0 saturated carbocycles. The third kappa shape index (κ3) is 3.09. The Hall–Kier alpha value is -2.01. The summed E-state index contributed by atoms with van der Waals surface area (Å²) in [5.74, 6) is 3.04. The first-order valence-corrected chi connectivity index (χ1v) is 9.45. The molecule has 4 rings (SSSR count). The molecule has 0 saturated heterocycles. The molecular weight excluding hydrogens is 447 g/mol. The molecule has 0 amide bonds. The Balaban J connectivity index is 1.83. The highest BCUT2D eigenvalue weighted by atomic mass is 127. The third-order valence-corrected chi connectivity index (χ3v) is 4.70. The van der Waals surface area contributed by atoms with E-state index in [2.05, 4.69) is 56.1 Å². The number of pyridine rings is 1. The van der Waals surface area contributed by atoms with Gasteiger partial charge in [0.2, 0.25) is 0 Å². The van der Waals surface area contributed by atoms with Gasteiger partial charge in [0.15, 0.2) is 11.6 Å². The summed E-state index contributed by atoms with van der Waals surface area (Å²) in [6.07, 6.45) is 3.82. The molecule has 136 valence electrons. The summed E-state index contributed by atoms with van der Waals surface area (Å²) in [5, 5.41) is 4.55. The fourth-order valence-electron chi connectivity index (χ4n) is 2.96. The van der Waals surface area contributed by atoms with E-state index in [-0.39, 0.29) is 6.04 Å². The van der Waals surface area contributed by atoms with Crippen molar-refractivity contribution in [3.05, 3.63) is 28.0 Å². The van der Waals surface area contributed by atoms with Crippen LogP contribution in [-0.4, -0.2) is 43.0 Å². The first-order chi connectivity index (χ1) is 12.6. The van der Waals surface area contributed by atoms with Crippen molar-refractivity contribution < 1.29 is 9.47 Å². The Morgan fingerprint density at radius 1 is 1.31 bits per heavy atom. The Morgan fingerprint density at radius 3 is 2.92 bits per heavy atom. The van der Waals surface area contributed by atoms with Crippen LogP contribution in [0, 0.1) is 3.70 Å². The largest absolute Gasteiger partial charge is 0.491 e. The van der Waals surface area contributed by atoms with Crippen LogP contribution >= 0.6 is 22.6 Å².